The average Bonchev–Trinajstić information content (AvgIpc) is 3.27. The van der Waals surface area contributed by atoms with Crippen LogP contribution < -0.4 is 0 Å². The van der Waals surface area contributed by atoms with Gasteiger partial charge >= 0.3 is 11.9 Å². The lowest BCUT2D eigenvalue weighted by Crippen LogP contribution is -2.58. The Labute approximate surface area is 274 Å². The molecule has 11 atom stereocenters. The van der Waals surface area contributed by atoms with E-state index in [9.17, 15) is 35.5 Å². The average molecular weight is 691 g/mol. The molecule has 0 aromatic heterocycles. The Morgan fingerprint density at radius 1 is 0.891 bits per heavy atom. The molecule has 0 aromatic carbocycles. The lowest BCUT2D eigenvalue weighted by molar-refractivity contribution is -0.180. The molecule has 4 aliphatic carbocycles. The van der Waals surface area contributed by atoms with Crippen molar-refractivity contribution in [2.75, 3.05) is 13.2 Å². The molecular weight excluding hydrogens is 640 g/mol. The summed E-state index contributed by atoms with van der Waals surface area (Å²) in [4.78, 5) is 23.2. The summed E-state index contributed by atoms with van der Waals surface area (Å²) in [5, 5.41) is 0. The van der Waals surface area contributed by atoms with Crippen LogP contribution in [0.3, 0.4) is 0 Å². The molecule has 12 nitrogen and oxygen atoms in total. The van der Waals surface area contributed by atoms with Crippen molar-refractivity contribution in [2.24, 2.45) is 52.3 Å². The molecule has 0 heterocycles. The summed E-state index contributed by atoms with van der Waals surface area (Å²) in [6, 6.07) is 0. The first kappa shape index (κ1) is 37.2. The zero-order chi connectivity index (χ0) is 34.2. The smallest absolute Gasteiger partial charge is 0.302 e. The lowest BCUT2D eigenvalue weighted by atomic mass is 9.44. The fourth-order valence-electron chi connectivity index (χ4n) is 10.2. The molecule has 0 amide bonds. The van der Waals surface area contributed by atoms with E-state index in [0.29, 0.717) is 43.4 Å². The number of fused-ring (bicyclic) bond motifs is 5. The van der Waals surface area contributed by atoms with Gasteiger partial charge in [-0.25, -0.2) is 16.8 Å². The maximum absolute atomic E-state index is 12.0. The minimum absolute atomic E-state index is 0.0722. The fourth-order valence-corrected chi connectivity index (χ4v) is 11.0. The highest BCUT2D eigenvalue weighted by Crippen LogP contribution is 2.68. The highest BCUT2D eigenvalue weighted by Gasteiger charge is 2.62. The third-order valence-electron chi connectivity index (χ3n) is 12.3. The predicted molar refractivity (Wildman–Crippen MR) is 164 cm³/mol. The molecule has 0 saturated heterocycles. The normalized spacial score (nSPS) is 37.2. The van der Waals surface area contributed by atoms with Crippen molar-refractivity contribution < 1.29 is 53.4 Å². The molecular formula is C32H50O12S2-2. The number of hydrogen-bond acceptors (Lipinski definition) is 12. The van der Waals surface area contributed by atoms with E-state index in [0.717, 1.165) is 44.1 Å². The molecule has 0 N–H and O–H groups in total. The van der Waals surface area contributed by atoms with Gasteiger partial charge in [-0.2, -0.15) is 0 Å². The minimum atomic E-state index is -4.98. The minimum Gasteiger partial charge on any atom is -0.726 e. The maximum atomic E-state index is 12.0. The summed E-state index contributed by atoms with van der Waals surface area (Å²) in [6.07, 6.45) is 5.47. The Balaban J connectivity index is 1.52. The molecule has 4 rings (SSSR count). The Kier molecular flexibility index (Phi) is 11.4. The van der Waals surface area contributed by atoms with Crippen molar-refractivity contribution >= 4 is 32.7 Å². The molecule has 4 aliphatic rings. The van der Waals surface area contributed by atoms with Gasteiger partial charge in [-0.1, -0.05) is 32.9 Å². The van der Waals surface area contributed by atoms with Crippen molar-refractivity contribution in [1.29, 1.82) is 0 Å². The molecule has 14 heteroatoms. The second kappa shape index (κ2) is 14.1. The predicted octanol–water partition coefficient (Wildman–Crippen LogP) is 4.66. The first-order chi connectivity index (χ1) is 21.2. The fraction of sp³-hybridized carbons (Fsp3) is 0.875. The molecule has 0 spiro atoms. The van der Waals surface area contributed by atoms with E-state index in [-0.39, 0.29) is 53.7 Å². The topological polar surface area (TPSA) is 185 Å². The number of hydrogen-bond donors (Lipinski definition) is 0. The van der Waals surface area contributed by atoms with Crippen LogP contribution >= 0.6 is 0 Å². The SMILES string of the molecule is C=C(CC[C@@H](COS(=O)(=O)[O-])[C@H]1CC[C@H]2[C@@H]3CC[C@H]4C[C@H](OS(=O)(=O)[O-])[C@@H](OC(C)=O)C[C@]4(C)[C@H]3CC[C@]12C)[C@@H](C)COC(C)=O. The summed E-state index contributed by atoms with van der Waals surface area (Å²) >= 11 is 0. The zero-order valence-corrected chi connectivity index (χ0v) is 29.2. The second-order valence-corrected chi connectivity index (χ2v) is 16.9. The summed E-state index contributed by atoms with van der Waals surface area (Å²) in [7, 11) is -9.85. The number of carbonyl (C=O) groups is 2. The Morgan fingerprint density at radius 2 is 1.57 bits per heavy atom. The Hall–Kier alpha value is -1.58. The van der Waals surface area contributed by atoms with Gasteiger partial charge in [0.05, 0.1) is 13.2 Å². The lowest BCUT2D eigenvalue weighted by Gasteiger charge is -2.62. The van der Waals surface area contributed by atoms with Crippen molar-refractivity contribution in [3.63, 3.8) is 0 Å². The molecule has 4 saturated carbocycles. The van der Waals surface area contributed by atoms with Crippen LogP contribution in [0.1, 0.15) is 98.8 Å². The third-order valence-corrected chi connectivity index (χ3v) is 13.2. The molecule has 46 heavy (non-hydrogen) atoms. The summed E-state index contributed by atoms with van der Waals surface area (Å²) < 4.78 is 89.6. The van der Waals surface area contributed by atoms with Crippen LogP contribution in [-0.4, -0.2) is 63.3 Å². The van der Waals surface area contributed by atoms with Crippen LogP contribution in [0.2, 0.25) is 0 Å². The van der Waals surface area contributed by atoms with Gasteiger partial charge in [0.1, 0.15) is 12.2 Å². The van der Waals surface area contributed by atoms with Crippen LogP contribution in [-0.2, 0) is 48.2 Å². The second-order valence-electron chi connectivity index (χ2n) is 14.9. The standard InChI is InChI=1S/C32H52O12S2/c1-19(20(2)17-41-21(3)33)7-8-23(18-42-45(35,36)37)26-11-12-27-25-10-9-24-15-29(44-46(38,39)40)30(43-22(4)34)16-32(24,6)28(25)13-14-31(26,27)5/h20,23-30H,1,7-18H2,2-6H3,(H,35,36,37)(H,38,39,40)/p-2/t20-,23-,24-,25-,26+,27-,28-,29-,30-,31+,32-/m0/s1. The quantitative estimate of drug-likeness (QED) is 0.113. The van der Waals surface area contributed by atoms with Gasteiger partial charge in [0.15, 0.2) is 0 Å². The first-order valence-corrected chi connectivity index (χ1v) is 19.1. The van der Waals surface area contributed by atoms with E-state index in [1.165, 1.54) is 13.8 Å². The molecule has 0 aliphatic heterocycles. The first-order valence-electron chi connectivity index (χ1n) is 16.5. The van der Waals surface area contributed by atoms with Crippen molar-refractivity contribution in [1.82, 2.24) is 0 Å². The van der Waals surface area contributed by atoms with Gasteiger partial charge < -0.3 is 18.6 Å². The van der Waals surface area contributed by atoms with Crippen LogP contribution in [0.4, 0.5) is 0 Å². The van der Waals surface area contributed by atoms with Crippen LogP contribution in [0.15, 0.2) is 12.2 Å². The molecule has 0 bridgehead atoms. The van der Waals surface area contributed by atoms with E-state index >= 15 is 0 Å². The highest BCUT2D eigenvalue weighted by molar-refractivity contribution is 7.81. The van der Waals surface area contributed by atoms with Crippen molar-refractivity contribution in [2.45, 2.75) is 111 Å². The summed E-state index contributed by atoms with van der Waals surface area (Å²) in [5.74, 6) is 0.0784. The molecule has 0 aromatic rings. The third kappa shape index (κ3) is 8.52. The number of carbonyl (C=O) groups excluding carboxylic acids is 2. The highest BCUT2D eigenvalue weighted by atomic mass is 32.3. The summed E-state index contributed by atoms with van der Waals surface area (Å²) in [6.45, 7) is 13.3. The van der Waals surface area contributed by atoms with Gasteiger partial charge in [-0.05, 0) is 111 Å². The number of rotatable bonds is 13. The monoisotopic (exact) mass is 690 g/mol. The van der Waals surface area contributed by atoms with Gasteiger partial charge in [0.2, 0.25) is 20.8 Å². The van der Waals surface area contributed by atoms with Crippen LogP contribution in [0.25, 0.3) is 0 Å². The van der Waals surface area contributed by atoms with Gasteiger partial charge in [0.25, 0.3) is 0 Å². The largest absolute Gasteiger partial charge is 0.726 e. The zero-order valence-electron chi connectivity index (χ0n) is 27.6. The van der Waals surface area contributed by atoms with E-state index < -0.39 is 39.0 Å². The maximum Gasteiger partial charge on any atom is 0.302 e. The van der Waals surface area contributed by atoms with Gasteiger partial charge in [-0.3, -0.25) is 18.0 Å². The molecule has 4 fully saturated rings. The van der Waals surface area contributed by atoms with E-state index in [4.69, 9.17) is 17.8 Å². The van der Waals surface area contributed by atoms with Gasteiger partial charge in [0, 0.05) is 19.8 Å². The van der Waals surface area contributed by atoms with Gasteiger partial charge in [-0.15, -0.1) is 0 Å². The molecule has 0 radical (unpaired) electrons. The Morgan fingerprint density at radius 3 is 2.17 bits per heavy atom. The van der Waals surface area contributed by atoms with Crippen LogP contribution in [0.5, 0.6) is 0 Å². The van der Waals surface area contributed by atoms with Crippen molar-refractivity contribution in [3.05, 3.63) is 12.2 Å². The van der Waals surface area contributed by atoms with E-state index in [1.54, 1.807) is 0 Å². The van der Waals surface area contributed by atoms with E-state index in [2.05, 4.69) is 20.4 Å². The van der Waals surface area contributed by atoms with E-state index in [1.807, 2.05) is 6.92 Å². The summed E-state index contributed by atoms with van der Waals surface area (Å²) in [5.41, 5.74) is 0.531. The molecule has 264 valence electrons. The Bertz CT molecular complexity index is 1360. The van der Waals surface area contributed by atoms with Crippen molar-refractivity contribution in [3.8, 4) is 0 Å². The number of ether oxygens (including phenoxy) is 2. The van der Waals surface area contributed by atoms with Crippen LogP contribution in [0, 0.1) is 52.3 Å². The number of esters is 2. The molecule has 0 unspecified atom stereocenters.